The molecule has 0 bridgehead atoms. The third kappa shape index (κ3) is 2.94. The number of hydrogen-bond acceptors (Lipinski definition) is 5. The number of nitrogens with zero attached hydrogens (tertiary/aromatic N) is 5. The largest absolute Gasteiger partial charge is 0.320 e. The van der Waals surface area contributed by atoms with E-state index in [9.17, 15) is 4.79 Å². The van der Waals surface area contributed by atoms with Crippen molar-refractivity contribution in [2.75, 3.05) is 5.32 Å². The van der Waals surface area contributed by atoms with Gasteiger partial charge in [0.05, 0.1) is 11.2 Å². The van der Waals surface area contributed by atoms with Gasteiger partial charge < -0.3 is 5.32 Å². The predicted molar refractivity (Wildman–Crippen MR) is 93.6 cm³/mol. The van der Waals surface area contributed by atoms with Crippen molar-refractivity contribution in [3.8, 4) is 5.82 Å². The molecule has 7 nitrogen and oxygen atoms in total. The molecule has 0 radical (unpaired) electrons. The summed E-state index contributed by atoms with van der Waals surface area (Å²) in [6.07, 6.45) is 5.03. The minimum atomic E-state index is -0.319. The summed E-state index contributed by atoms with van der Waals surface area (Å²) in [5, 5.41) is 11.8. The van der Waals surface area contributed by atoms with Gasteiger partial charge in [0, 0.05) is 23.5 Å². The maximum Gasteiger partial charge on any atom is 0.276 e. The monoisotopic (exact) mass is 330 g/mol. The van der Waals surface area contributed by atoms with Crippen LogP contribution in [0.5, 0.6) is 0 Å². The number of amides is 1. The first-order valence-electron chi connectivity index (χ1n) is 7.70. The Hall–Kier alpha value is -3.61. The minimum Gasteiger partial charge on any atom is -0.320 e. The van der Waals surface area contributed by atoms with E-state index in [1.54, 1.807) is 35.4 Å². The lowest BCUT2D eigenvalue weighted by atomic mass is 10.1. The normalized spacial score (nSPS) is 10.8. The lowest BCUT2D eigenvalue weighted by molar-refractivity contribution is 0.102. The molecule has 1 aromatic carbocycles. The molecule has 1 N–H and O–H groups in total. The van der Waals surface area contributed by atoms with Gasteiger partial charge in [0.15, 0.2) is 11.5 Å². The number of anilines is 1. The van der Waals surface area contributed by atoms with Crippen molar-refractivity contribution in [3.63, 3.8) is 0 Å². The molecule has 0 spiro atoms. The van der Waals surface area contributed by atoms with Crippen LogP contribution >= 0.6 is 0 Å². The first kappa shape index (κ1) is 14.9. The van der Waals surface area contributed by atoms with E-state index in [2.05, 4.69) is 25.5 Å². The number of nitrogens with one attached hydrogen (secondary N) is 1. The average molecular weight is 330 g/mol. The second kappa shape index (κ2) is 6.12. The van der Waals surface area contributed by atoms with Crippen LogP contribution in [0.3, 0.4) is 0 Å². The van der Waals surface area contributed by atoms with Gasteiger partial charge in [0.25, 0.3) is 5.91 Å². The van der Waals surface area contributed by atoms with Gasteiger partial charge in [0.1, 0.15) is 6.33 Å². The van der Waals surface area contributed by atoms with Crippen LogP contribution in [0.4, 0.5) is 5.69 Å². The van der Waals surface area contributed by atoms with Gasteiger partial charge in [-0.1, -0.05) is 18.2 Å². The summed E-state index contributed by atoms with van der Waals surface area (Å²) in [7, 11) is 0. The first-order chi connectivity index (χ1) is 12.2. The topological polar surface area (TPSA) is 85.6 Å². The zero-order chi connectivity index (χ0) is 17.2. The van der Waals surface area contributed by atoms with E-state index >= 15 is 0 Å². The van der Waals surface area contributed by atoms with Crippen LogP contribution in [0.2, 0.25) is 0 Å². The minimum absolute atomic E-state index is 0.238. The van der Waals surface area contributed by atoms with Crippen LogP contribution in [0, 0.1) is 6.92 Å². The number of aromatic nitrogens is 5. The molecule has 122 valence electrons. The summed E-state index contributed by atoms with van der Waals surface area (Å²) < 4.78 is 1.72. The maximum absolute atomic E-state index is 12.5. The molecule has 25 heavy (non-hydrogen) atoms. The van der Waals surface area contributed by atoms with Crippen LogP contribution in [0.1, 0.15) is 16.2 Å². The number of rotatable bonds is 3. The number of hydrogen-bond donors (Lipinski definition) is 1. The smallest absolute Gasteiger partial charge is 0.276 e. The highest BCUT2D eigenvalue weighted by molar-refractivity contribution is 6.07. The zero-order valence-corrected chi connectivity index (χ0v) is 13.4. The SMILES string of the molecule is Cc1cc(NC(=O)c2ccc(-n3ccnc3)nn2)c2ccccc2n1. The van der Waals surface area contributed by atoms with E-state index in [1.807, 2.05) is 37.3 Å². The third-order valence-electron chi connectivity index (χ3n) is 3.74. The van der Waals surface area contributed by atoms with Gasteiger partial charge in [-0.3, -0.25) is 14.3 Å². The third-order valence-corrected chi connectivity index (χ3v) is 3.74. The molecular weight excluding hydrogens is 316 g/mol. The summed E-state index contributed by atoms with van der Waals surface area (Å²) in [5.41, 5.74) is 2.60. The lowest BCUT2D eigenvalue weighted by Gasteiger charge is -2.09. The van der Waals surface area contributed by atoms with Crippen LogP contribution in [0.15, 0.2) is 61.2 Å². The number of benzene rings is 1. The zero-order valence-electron chi connectivity index (χ0n) is 13.4. The molecule has 0 saturated carbocycles. The average Bonchev–Trinajstić information content (AvgIpc) is 3.16. The molecular formula is C18H14N6O. The van der Waals surface area contributed by atoms with E-state index < -0.39 is 0 Å². The molecule has 0 saturated heterocycles. The predicted octanol–water partition coefficient (Wildman–Crippen LogP) is 2.77. The Labute approximate surface area is 143 Å². The number of pyridine rings is 1. The Balaban J connectivity index is 1.62. The highest BCUT2D eigenvalue weighted by Gasteiger charge is 2.12. The van der Waals surface area contributed by atoms with E-state index in [0.29, 0.717) is 11.5 Å². The molecule has 3 heterocycles. The maximum atomic E-state index is 12.5. The van der Waals surface area contributed by atoms with Crippen molar-refractivity contribution in [3.05, 3.63) is 72.6 Å². The molecule has 0 aliphatic carbocycles. The molecule has 1 amide bonds. The van der Waals surface area contributed by atoms with Crippen molar-refractivity contribution in [1.29, 1.82) is 0 Å². The summed E-state index contributed by atoms with van der Waals surface area (Å²) >= 11 is 0. The Bertz CT molecular complexity index is 1040. The van der Waals surface area contributed by atoms with Crippen LogP contribution in [0.25, 0.3) is 16.7 Å². The van der Waals surface area contributed by atoms with Gasteiger partial charge in [-0.25, -0.2) is 4.98 Å². The summed E-state index contributed by atoms with van der Waals surface area (Å²) in [5.74, 6) is 0.277. The van der Waals surface area contributed by atoms with E-state index in [-0.39, 0.29) is 11.6 Å². The van der Waals surface area contributed by atoms with E-state index in [0.717, 1.165) is 16.6 Å². The van der Waals surface area contributed by atoms with Crippen molar-refractivity contribution in [2.45, 2.75) is 6.92 Å². The second-order valence-corrected chi connectivity index (χ2v) is 5.53. The molecule has 7 heteroatoms. The van der Waals surface area contributed by atoms with Crippen molar-refractivity contribution in [1.82, 2.24) is 24.7 Å². The fraction of sp³-hybridized carbons (Fsp3) is 0.0556. The summed E-state index contributed by atoms with van der Waals surface area (Å²) in [6, 6.07) is 12.9. The van der Waals surface area contributed by atoms with Crippen LogP contribution < -0.4 is 5.32 Å². The van der Waals surface area contributed by atoms with Gasteiger partial charge in [-0.2, -0.15) is 0 Å². The lowest BCUT2D eigenvalue weighted by Crippen LogP contribution is -2.15. The van der Waals surface area contributed by atoms with Crippen molar-refractivity contribution in [2.24, 2.45) is 0 Å². The number of imidazole rings is 1. The second-order valence-electron chi connectivity index (χ2n) is 5.53. The number of carbonyl (C=O) groups excluding carboxylic acids is 1. The molecule has 4 rings (SSSR count). The van der Waals surface area contributed by atoms with Gasteiger partial charge >= 0.3 is 0 Å². The number of fused-ring (bicyclic) bond motifs is 1. The highest BCUT2D eigenvalue weighted by Crippen LogP contribution is 2.23. The fourth-order valence-electron chi connectivity index (χ4n) is 2.58. The first-order valence-corrected chi connectivity index (χ1v) is 7.70. The molecule has 3 aromatic heterocycles. The quantitative estimate of drug-likeness (QED) is 0.624. The van der Waals surface area contributed by atoms with Gasteiger partial charge in [0.2, 0.25) is 0 Å². The number of carbonyl (C=O) groups is 1. The molecule has 0 unspecified atom stereocenters. The molecule has 0 aliphatic heterocycles. The van der Waals surface area contributed by atoms with E-state index in [1.165, 1.54) is 0 Å². The Morgan fingerprint density at radius 3 is 2.76 bits per heavy atom. The van der Waals surface area contributed by atoms with E-state index in [4.69, 9.17) is 0 Å². The number of aryl methyl sites for hydroxylation is 1. The fourth-order valence-corrected chi connectivity index (χ4v) is 2.58. The Morgan fingerprint density at radius 2 is 2.00 bits per heavy atom. The van der Waals surface area contributed by atoms with Gasteiger partial charge in [-0.05, 0) is 31.2 Å². The van der Waals surface area contributed by atoms with Crippen molar-refractivity contribution < 1.29 is 4.79 Å². The molecule has 4 aromatic rings. The molecule has 0 fully saturated rings. The van der Waals surface area contributed by atoms with Crippen LogP contribution in [-0.2, 0) is 0 Å². The summed E-state index contributed by atoms with van der Waals surface area (Å²) in [4.78, 5) is 20.9. The Kier molecular flexibility index (Phi) is 3.66. The van der Waals surface area contributed by atoms with Gasteiger partial charge in [-0.15, -0.1) is 10.2 Å². The standard InChI is InChI=1S/C18H14N6O/c1-12-10-16(13-4-2-3-5-14(13)20-12)21-18(25)15-6-7-17(23-22-15)24-9-8-19-11-24/h2-11H,1H3,(H,20,21,25). The highest BCUT2D eigenvalue weighted by atomic mass is 16.1. The molecule has 0 atom stereocenters. The van der Waals surface area contributed by atoms with Crippen LogP contribution in [-0.4, -0.2) is 30.6 Å². The van der Waals surface area contributed by atoms with Crippen molar-refractivity contribution >= 4 is 22.5 Å². The Morgan fingerprint density at radius 1 is 1.12 bits per heavy atom. The summed E-state index contributed by atoms with van der Waals surface area (Å²) in [6.45, 7) is 1.89. The number of para-hydroxylation sites is 1. The molecule has 0 aliphatic rings.